The van der Waals surface area contributed by atoms with Crippen molar-refractivity contribution in [3.8, 4) is 17.2 Å². The smallest absolute Gasteiger partial charge is 0.284 e. The molecule has 0 aliphatic carbocycles. The van der Waals surface area contributed by atoms with Gasteiger partial charge in [-0.1, -0.05) is 36.9 Å². The molecule has 3 rings (SSSR count). The van der Waals surface area contributed by atoms with Gasteiger partial charge in [0.2, 0.25) is 6.10 Å². The highest BCUT2D eigenvalue weighted by molar-refractivity contribution is 5.85. The van der Waals surface area contributed by atoms with Crippen LogP contribution in [-0.4, -0.2) is 31.4 Å². The van der Waals surface area contributed by atoms with Crippen LogP contribution in [0.25, 0.3) is 0 Å². The molecule has 25 heavy (non-hydrogen) atoms. The Hall–Kier alpha value is -3.28. The Morgan fingerprint density at radius 2 is 2.12 bits per heavy atom. The number of rotatable bonds is 6. The number of amides is 1. The highest BCUT2D eigenvalue weighted by Gasteiger charge is 2.26. The molecule has 1 unspecified atom stereocenters. The fraction of sp³-hybridized carbons (Fsp3) is 0.158. The molecule has 0 spiro atoms. The van der Waals surface area contributed by atoms with E-state index < -0.39 is 6.10 Å². The first-order chi connectivity index (χ1) is 12.3. The maximum atomic E-state index is 12.1. The standard InChI is InChI=1S/C19H18N2O4/c1-2-10-23-15-7-5-6-14(11-15)12-20-21-19(22)18-13-24-16-8-3-4-9-17(16)25-18/h2-9,11-12,18H,1,10,13H2,(H,21,22)/b20-12+. The summed E-state index contributed by atoms with van der Waals surface area (Å²) in [4.78, 5) is 12.1. The van der Waals surface area contributed by atoms with E-state index in [4.69, 9.17) is 14.2 Å². The average molecular weight is 338 g/mol. The van der Waals surface area contributed by atoms with Crippen LogP contribution in [0, 0.1) is 0 Å². The van der Waals surface area contributed by atoms with Gasteiger partial charge in [0.05, 0.1) is 6.21 Å². The number of hydrogen-bond acceptors (Lipinski definition) is 5. The third-order valence-corrected chi connectivity index (χ3v) is 3.42. The molecule has 1 amide bonds. The van der Waals surface area contributed by atoms with Crippen LogP contribution in [0.5, 0.6) is 17.2 Å². The van der Waals surface area contributed by atoms with Crippen molar-refractivity contribution in [2.24, 2.45) is 5.10 Å². The molecule has 1 aliphatic rings. The summed E-state index contributed by atoms with van der Waals surface area (Å²) in [5.41, 5.74) is 3.26. The van der Waals surface area contributed by atoms with E-state index in [1.54, 1.807) is 18.2 Å². The molecular weight excluding hydrogens is 320 g/mol. The zero-order valence-electron chi connectivity index (χ0n) is 13.6. The molecule has 0 saturated heterocycles. The summed E-state index contributed by atoms with van der Waals surface area (Å²) in [6.07, 6.45) is 2.47. The summed E-state index contributed by atoms with van der Waals surface area (Å²) in [6.45, 7) is 4.18. The summed E-state index contributed by atoms with van der Waals surface area (Å²) in [7, 11) is 0. The Morgan fingerprint density at radius 1 is 1.28 bits per heavy atom. The minimum Gasteiger partial charge on any atom is -0.490 e. The molecule has 1 heterocycles. The number of nitrogens with one attached hydrogen (secondary N) is 1. The van der Waals surface area contributed by atoms with Gasteiger partial charge in [0, 0.05) is 0 Å². The lowest BCUT2D eigenvalue weighted by atomic mass is 10.2. The summed E-state index contributed by atoms with van der Waals surface area (Å²) in [5.74, 6) is 1.51. The lowest BCUT2D eigenvalue weighted by Gasteiger charge is -2.24. The van der Waals surface area contributed by atoms with Crippen LogP contribution in [0.1, 0.15) is 5.56 Å². The molecule has 128 valence electrons. The first-order valence-electron chi connectivity index (χ1n) is 7.81. The predicted molar refractivity (Wildman–Crippen MR) is 94.2 cm³/mol. The predicted octanol–water partition coefficient (Wildman–Crippen LogP) is 2.54. The van der Waals surface area contributed by atoms with Gasteiger partial charge in [-0.25, -0.2) is 5.43 Å². The summed E-state index contributed by atoms with van der Waals surface area (Å²) < 4.78 is 16.6. The van der Waals surface area contributed by atoms with Crippen LogP contribution in [0.3, 0.4) is 0 Å². The highest BCUT2D eigenvalue weighted by atomic mass is 16.6. The lowest BCUT2D eigenvalue weighted by Crippen LogP contribution is -2.42. The lowest BCUT2D eigenvalue weighted by molar-refractivity contribution is -0.130. The van der Waals surface area contributed by atoms with Gasteiger partial charge in [0.1, 0.15) is 19.0 Å². The number of fused-ring (bicyclic) bond motifs is 1. The van der Waals surface area contributed by atoms with Crippen LogP contribution < -0.4 is 19.6 Å². The van der Waals surface area contributed by atoms with Crippen molar-refractivity contribution in [3.63, 3.8) is 0 Å². The van der Waals surface area contributed by atoms with Gasteiger partial charge < -0.3 is 14.2 Å². The van der Waals surface area contributed by atoms with Crippen LogP contribution in [0.4, 0.5) is 0 Å². The highest BCUT2D eigenvalue weighted by Crippen LogP contribution is 2.30. The third-order valence-electron chi connectivity index (χ3n) is 3.42. The average Bonchev–Trinajstić information content (AvgIpc) is 2.66. The van der Waals surface area contributed by atoms with E-state index in [-0.39, 0.29) is 12.5 Å². The van der Waals surface area contributed by atoms with Crippen molar-refractivity contribution >= 4 is 12.1 Å². The van der Waals surface area contributed by atoms with Crippen LogP contribution in [0.15, 0.2) is 66.3 Å². The zero-order chi connectivity index (χ0) is 17.5. The van der Waals surface area contributed by atoms with E-state index in [2.05, 4.69) is 17.1 Å². The fourth-order valence-corrected chi connectivity index (χ4v) is 2.23. The van der Waals surface area contributed by atoms with Gasteiger partial charge >= 0.3 is 0 Å². The second-order valence-electron chi connectivity index (χ2n) is 5.27. The van der Waals surface area contributed by atoms with E-state index in [9.17, 15) is 4.79 Å². The van der Waals surface area contributed by atoms with E-state index in [0.717, 1.165) is 5.56 Å². The van der Waals surface area contributed by atoms with Crippen molar-refractivity contribution < 1.29 is 19.0 Å². The second kappa shape index (κ2) is 8.01. The number of hydrazone groups is 1. The number of ether oxygens (including phenoxy) is 3. The normalized spacial score (nSPS) is 15.6. The molecule has 6 heteroatoms. The Labute approximate surface area is 145 Å². The van der Waals surface area contributed by atoms with Crippen molar-refractivity contribution in [1.82, 2.24) is 5.43 Å². The summed E-state index contributed by atoms with van der Waals surface area (Å²) in [6, 6.07) is 14.6. The molecule has 1 atom stereocenters. The number of hydrogen-bond donors (Lipinski definition) is 1. The Bertz CT molecular complexity index is 788. The van der Waals surface area contributed by atoms with E-state index >= 15 is 0 Å². The van der Waals surface area contributed by atoms with Crippen molar-refractivity contribution in [2.75, 3.05) is 13.2 Å². The quantitative estimate of drug-likeness (QED) is 0.499. The number of carbonyl (C=O) groups is 1. The molecule has 0 bridgehead atoms. The summed E-state index contributed by atoms with van der Waals surface area (Å²) >= 11 is 0. The van der Waals surface area contributed by atoms with E-state index in [0.29, 0.717) is 23.9 Å². The van der Waals surface area contributed by atoms with Gasteiger partial charge in [-0.05, 0) is 29.8 Å². The first-order valence-corrected chi connectivity index (χ1v) is 7.81. The molecule has 2 aromatic carbocycles. The maximum Gasteiger partial charge on any atom is 0.284 e. The van der Waals surface area contributed by atoms with Crippen LogP contribution >= 0.6 is 0 Å². The maximum absolute atomic E-state index is 12.1. The first kappa shape index (κ1) is 16.6. The molecule has 2 aromatic rings. The van der Waals surface area contributed by atoms with Gasteiger partial charge in [-0.3, -0.25) is 4.79 Å². The van der Waals surface area contributed by atoms with Gasteiger partial charge in [0.15, 0.2) is 11.5 Å². The third kappa shape index (κ3) is 4.38. The Morgan fingerprint density at radius 3 is 2.96 bits per heavy atom. The largest absolute Gasteiger partial charge is 0.490 e. The molecule has 0 radical (unpaired) electrons. The molecule has 1 N–H and O–H groups in total. The monoisotopic (exact) mass is 338 g/mol. The van der Waals surface area contributed by atoms with Crippen molar-refractivity contribution in [2.45, 2.75) is 6.10 Å². The molecule has 1 aliphatic heterocycles. The van der Waals surface area contributed by atoms with E-state index in [1.807, 2.05) is 36.4 Å². The Kier molecular flexibility index (Phi) is 5.31. The summed E-state index contributed by atoms with van der Waals surface area (Å²) in [5, 5.41) is 3.96. The molecule has 6 nitrogen and oxygen atoms in total. The Balaban J connectivity index is 1.56. The SMILES string of the molecule is C=CCOc1cccc(/C=N/NC(=O)C2COc3ccccc3O2)c1. The van der Waals surface area contributed by atoms with Crippen molar-refractivity contribution in [3.05, 3.63) is 66.7 Å². The topological polar surface area (TPSA) is 69.2 Å². The number of benzene rings is 2. The zero-order valence-corrected chi connectivity index (χ0v) is 13.6. The fourth-order valence-electron chi connectivity index (χ4n) is 2.23. The second-order valence-corrected chi connectivity index (χ2v) is 5.27. The number of carbonyl (C=O) groups excluding carboxylic acids is 1. The van der Waals surface area contributed by atoms with Gasteiger partial charge in [-0.2, -0.15) is 5.10 Å². The molecular formula is C19H18N2O4. The minimum absolute atomic E-state index is 0.142. The molecule has 0 fully saturated rings. The molecule has 0 aromatic heterocycles. The minimum atomic E-state index is -0.741. The van der Waals surface area contributed by atoms with Crippen molar-refractivity contribution in [1.29, 1.82) is 0 Å². The number of para-hydroxylation sites is 2. The van der Waals surface area contributed by atoms with Gasteiger partial charge in [-0.15, -0.1) is 0 Å². The van der Waals surface area contributed by atoms with Gasteiger partial charge in [0.25, 0.3) is 5.91 Å². The molecule has 0 saturated carbocycles. The van der Waals surface area contributed by atoms with E-state index in [1.165, 1.54) is 6.21 Å². The number of nitrogens with zero attached hydrogens (tertiary/aromatic N) is 1. The van der Waals surface area contributed by atoms with Crippen LogP contribution in [-0.2, 0) is 4.79 Å². The van der Waals surface area contributed by atoms with Crippen LogP contribution in [0.2, 0.25) is 0 Å².